The SMILES string of the molecule is C[Si](C)O[Si](C)(O)O[Si](C)C. The molecule has 0 amide bonds. The summed E-state index contributed by atoms with van der Waals surface area (Å²) in [5.41, 5.74) is 0. The van der Waals surface area contributed by atoms with E-state index in [1.807, 2.05) is 26.2 Å². The molecule has 0 heterocycles. The minimum absolute atomic E-state index is 0.834. The van der Waals surface area contributed by atoms with E-state index in [1.165, 1.54) is 0 Å². The van der Waals surface area contributed by atoms with E-state index in [0.29, 0.717) is 0 Å². The fourth-order valence-corrected chi connectivity index (χ4v) is 7.38. The molecule has 0 saturated carbocycles. The van der Waals surface area contributed by atoms with Gasteiger partial charge >= 0.3 is 8.80 Å². The Morgan fingerprint density at radius 1 is 1.00 bits per heavy atom. The van der Waals surface area contributed by atoms with Gasteiger partial charge in [-0.2, -0.15) is 0 Å². The third kappa shape index (κ3) is 6.91. The summed E-state index contributed by atoms with van der Waals surface area (Å²) in [6.07, 6.45) is 0. The van der Waals surface area contributed by atoms with Crippen molar-refractivity contribution in [2.24, 2.45) is 0 Å². The second-order valence-corrected chi connectivity index (χ2v) is 9.98. The van der Waals surface area contributed by atoms with Crippen LogP contribution in [0.3, 0.4) is 0 Å². The van der Waals surface area contributed by atoms with Crippen LogP contribution in [0.2, 0.25) is 32.7 Å². The van der Waals surface area contributed by atoms with Gasteiger partial charge in [0.05, 0.1) is 0 Å². The lowest BCUT2D eigenvalue weighted by atomic mass is 11.9. The Morgan fingerprint density at radius 3 is 1.45 bits per heavy atom. The maximum absolute atomic E-state index is 9.60. The van der Waals surface area contributed by atoms with Crippen molar-refractivity contribution in [3.05, 3.63) is 0 Å². The smallest absolute Gasteiger partial charge is 0.416 e. The Bertz CT molecular complexity index is 104. The zero-order valence-corrected chi connectivity index (χ0v) is 10.8. The van der Waals surface area contributed by atoms with Crippen molar-refractivity contribution in [2.45, 2.75) is 32.7 Å². The Morgan fingerprint density at radius 2 is 1.27 bits per heavy atom. The van der Waals surface area contributed by atoms with E-state index in [9.17, 15) is 4.80 Å². The van der Waals surface area contributed by atoms with Gasteiger partial charge in [-0.15, -0.1) is 0 Å². The quantitative estimate of drug-likeness (QED) is 0.703. The maximum Gasteiger partial charge on any atom is 0.473 e. The standard InChI is InChI=1S/C5H16O3Si3/c1-9(2)7-11(5,6)8-10(3)4/h6H,1-5H3. The molecule has 1 N–H and O–H groups in total. The molecule has 0 aliphatic carbocycles. The lowest BCUT2D eigenvalue weighted by Gasteiger charge is -2.23. The number of hydrogen-bond donors (Lipinski definition) is 1. The highest BCUT2D eigenvalue weighted by Gasteiger charge is 2.32. The molecule has 0 aliphatic heterocycles. The molecule has 11 heavy (non-hydrogen) atoms. The molecule has 0 atom stereocenters. The lowest BCUT2D eigenvalue weighted by molar-refractivity contribution is 0.266. The van der Waals surface area contributed by atoms with Crippen LogP contribution in [0.1, 0.15) is 0 Å². The molecule has 6 heteroatoms. The second-order valence-electron chi connectivity index (χ2n) is 2.92. The summed E-state index contributed by atoms with van der Waals surface area (Å²) in [7, 11) is -4.41. The first kappa shape index (κ1) is 11.5. The minimum Gasteiger partial charge on any atom is -0.416 e. The molecule has 0 aromatic heterocycles. The van der Waals surface area contributed by atoms with E-state index < -0.39 is 26.9 Å². The van der Waals surface area contributed by atoms with E-state index in [1.54, 1.807) is 6.55 Å². The first-order valence-corrected chi connectivity index (χ1v) is 10.6. The highest BCUT2D eigenvalue weighted by atomic mass is 28.5. The third-order valence-electron chi connectivity index (χ3n) is 0.787. The fourth-order valence-electron chi connectivity index (χ4n) is 0.778. The topological polar surface area (TPSA) is 38.7 Å². The van der Waals surface area contributed by atoms with E-state index in [4.69, 9.17) is 8.23 Å². The molecule has 0 bridgehead atoms. The highest BCUT2D eigenvalue weighted by molar-refractivity contribution is 6.74. The van der Waals surface area contributed by atoms with Gasteiger partial charge in [-0.1, -0.05) is 0 Å². The van der Waals surface area contributed by atoms with Crippen LogP contribution in [0.25, 0.3) is 0 Å². The molecule has 0 saturated heterocycles. The van der Waals surface area contributed by atoms with Gasteiger partial charge in [0.15, 0.2) is 18.1 Å². The zero-order valence-electron chi connectivity index (χ0n) is 7.76. The van der Waals surface area contributed by atoms with Gasteiger partial charge in [0.25, 0.3) is 0 Å². The molecule has 0 rings (SSSR count). The zero-order chi connectivity index (χ0) is 9.07. The van der Waals surface area contributed by atoms with E-state index in [-0.39, 0.29) is 0 Å². The summed E-state index contributed by atoms with van der Waals surface area (Å²) in [4.78, 5) is 9.60. The van der Waals surface area contributed by atoms with Crippen LogP contribution >= 0.6 is 0 Å². The van der Waals surface area contributed by atoms with Crippen molar-refractivity contribution in [2.75, 3.05) is 0 Å². The Balaban J connectivity index is 3.79. The van der Waals surface area contributed by atoms with Gasteiger partial charge < -0.3 is 13.0 Å². The van der Waals surface area contributed by atoms with Crippen LogP contribution in [0, 0.1) is 0 Å². The van der Waals surface area contributed by atoms with E-state index in [2.05, 4.69) is 0 Å². The maximum atomic E-state index is 9.60. The first-order valence-electron chi connectivity index (χ1n) is 3.54. The normalized spacial score (nSPS) is 13.1. The summed E-state index contributed by atoms with van der Waals surface area (Å²) in [6, 6.07) is 0. The van der Waals surface area contributed by atoms with E-state index in [0.717, 1.165) is 0 Å². The molecular weight excluding hydrogens is 192 g/mol. The summed E-state index contributed by atoms with van der Waals surface area (Å²) < 4.78 is 10.7. The molecule has 0 spiro atoms. The molecule has 2 radical (unpaired) electrons. The van der Waals surface area contributed by atoms with Crippen LogP contribution < -0.4 is 0 Å². The average Bonchev–Trinajstić information content (AvgIpc) is 1.53. The van der Waals surface area contributed by atoms with Gasteiger partial charge in [0.2, 0.25) is 0 Å². The molecule has 0 fully saturated rings. The van der Waals surface area contributed by atoms with Crippen molar-refractivity contribution in [3.63, 3.8) is 0 Å². The Hall–Kier alpha value is 0.531. The molecule has 0 unspecified atom stereocenters. The van der Waals surface area contributed by atoms with Crippen LogP contribution in [0.5, 0.6) is 0 Å². The fraction of sp³-hybridized carbons (Fsp3) is 1.00. The largest absolute Gasteiger partial charge is 0.473 e. The highest BCUT2D eigenvalue weighted by Crippen LogP contribution is 2.06. The van der Waals surface area contributed by atoms with Crippen molar-refractivity contribution >= 4 is 26.9 Å². The molecule has 0 aromatic carbocycles. The lowest BCUT2D eigenvalue weighted by Crippen LogP contribution is -2.45. The van der Waals surface area contributed by atoms with Gasteiger partial charge in [0, 0.05) is 6.55 Å². The molecule has 0 aliphatic rings. The summed E-state index contributed by atoms with van der Waals surface area (Å²) in [5, 5.41) is 0. The Kier molecular flexibility index (Phi) is 4.75. The van der Waals surface area contributed by atoms with Gasteiger partial charge in [0.1, 0.15) is 0 Å². The van der Waals surface area contributed by atoms with Gasteiger partial charge in [-0.3, -0.25) is 0 Å². The van der Waals surface area contributed by atoms with Crippen molar-refractivity contribution in [1.82, 2.24) is 0 Å². The van der Waals surface area contributed by atoms with Crippen molar-refractivity contribution in [3.8, 4) is 0 Å². The van der Waals surface area contributed by atoms with E-state index >= 15 is 0 Å². The predicted molar refractivity (Wildman–Crippen MR) is 51.0 cm³/mol. The summed E-state index contributed by atoms with van der Waals surface area (Å²) in [6.45, 7) is 9.66. The van der Waals surface area contributed by atoms with Crippen LogP contribution in [0.4, 0.5) is 0 Å². The van der Waals surface area contributed by atoms with Crippen LogP contribution in [-0.4, -0.2) is 31.7 Å². The minimum atomic E-state index is -2.74. The number of hydrogen-bond acceptors (Lipinski definition) is 3. The van der Waals surface area contributed by atoms with Crippen molar-refractivity contribution in [1.29, 1.82) is 0 Å². The molecule has 0 aromatic rings. The average molecular weight is 208 g/mol. The summed E-state index contributed by atoms with van der Waals surface area (Å²) in [5.74, 6) is 0. The second kappa shape index (κ2) is 4.53. The predicted octanol–water partition coefficient (Wildman–Crippen LogP) is 1.08. The molecule has 66 valence electrons. The first-order chi connectivity index (χ1) is 4.83. The van der Waals surface area contributed by atoms with Gasteiger partial charge in [-0.25, -0.2) is 0 Å². The van der Waals surface area contributed by atoms with Crippen molar-refractivity contribution < 1.29 is 13.0 Å². The third-order valence-corrected chi connectivity index (χ3v) is 7.08. The van der Waals surface area contributed by atoms with Crippen LogP contribution in [-0.2, 0) is 8.23 Å². The molecular formula is C5H16O3Si3. The summed E-state index contributed by atoms with van der Waals surface area (Å²) >= 11 is 0. The van der Waals surface area contributed by atoms with Crippen LogP contribution in [0.15, 0.2) is 0 Å². The van der Waals surface area contributed by atoms with Gasteiger partial charge in [-0.05, 0) is 26.2 Å². The monoisotopic (exact) mass is 208 g/mol. The number of rotatable bonds is 4. The Labute approximate surface area is 73.2 Å². The molecule has 3 nitrogen and oxygen atoms in total.